The van der Waals surface area contributed by atoms with Crippen LogP contribution in [0.25, 0.3) is 0 Å². The maximum absolute atomic E-state index is 10.7. The lowest BCUT2D eigenvalue weighted by molar-refractivity contribution is -0.124. The number of ether oxygens (including phenoxy) is 1. The maximum Gasteiger partial charge on any atom is 0.267 e. The number of rotatable bonds is 7. The average Bonchev–Trinajstić information content (AvgIpc) is 2.45. The minimum atomic E-state index is -0.741. The van der Waals surface area contributed by atoms with E-state index in [1.807, 2.05) is 0 Å². The summed E-state index contributed by atoms with van der Waals surface area (Å²) >= 11 is 0. The van der Waals surface area contributed by atoms with Crippen LogP contribution in [0.1, 0.15) is 18.1 Å². The second-order valence-corrected chi connectivity index (χ2v) is 3.77. The van der Waals surface area contributed by atoms with Crippen molar-refractivity contribution in [2.24, 2.45) is 0 Å². The van der Waals surface area contributed by atoms with Gasteiger partial charge in [0.15, 0.2) is 0 Å². The van der Waals surface area contributed by atoms with Crippen LogP contribution in [-0.2, 0) is 4.79 Å². The van der Waals surface area contributed by atoms with Gasteiger partial charge in [-0.05, 0) is 24.1 Å². The number of hydroxylamine groups is 1. The van der Waals surface area contributed by atoms with Gasteiger partial charge in [0.2, 0.25) is 0 Å². The molecule has 1 amide bonds. The fourth-order valence-corrected chi connectivity index (χ4v) is 1.43. The third kappa shape index (κ3) is 5.52. The van der Waals surface area contributed by atoms with Crippen molar-refractivity contribution < 1.29 is 25.0 Å². The first-order valence-corrected chi connectivity index (χ1v) is 5.79. The highest BCUT2D eigenvalue weighted by Gasteiger charge is 2.05. The van der Waals surface area contributed by atoms with E-state index < -0.39 is 12.0 Å². The van der Waals surface area contributed by atoms with Gasteiger partial charge >= 0.3 is 0 Å². The molecule has 4 N–H and O–H groups in total. The molecule has 0 aliphatic carbocycles. The van der Waals surface area contributed by atoms with Gasteiger partial charge in [-0.2, -0.15) is 0 Å². The van der Waals surface area contributed by atoms with Crippen molar-refractivity contribution in [3.8, 4) is 5.75 Å². The van der Waals surface area contributed by atoms with Crippen LogP contribution in [0.2, 0.25) is 0 Å². The lowest BCUT2D eigenvalue weighted by Crippen LogP contribution is -2.15. The molecule has 1 rings (SSSR count). The number of aliphatic hydroxyl groups is 2. The van der Waals surface area contributed by atoms with E-state index in [2.05, 4.69) is 0 Å². The summed E-state index contributed by atoms with van der Waals surface area (Å²) in [7, 11) is 0. The number of amides is 1. The number of hydrogen-bond acceptors (Lipinski definition) is 5. The molecule has 0 saturated heterocycles. The molecule has 0 radical (unpaired) electrons. The van der Waals surface area contributed by atoms with Crippen molar-refractivity contribution in [2.45, 2.75) is 12.5 Å². The van der Waals surface area contributed by atoms with Crippen molar-refractivity contribution in [2.75, 3.05) is 13.2 Å². The molecule has 1 aromatic rings. The summed E-state index contributed by atoms with van der Waals surface area (Å²) in [6, 6.07) is 6.80. The first kappa shape index (κ1) is 15.2. The molecule has 1 atom stereocenters. The minimum absolute atomic E-state index is 0.0535. The monoisotopic (exact) mass is 267 g/mol. The molecule has 6 heteroatoms. The van der Waals surface area contributed by atoms with Gasteiger partial charge in [-0.15, -0.1) is 0 Å². The Bertz CT molecular complexity index is 416. The normalized spacial score (nSPS) is 12.4. The third-order valence-corrected chi connectivity index (χ3v) is 2.36. The van der Waals surface area contributed by atoms with Gasteiger partial charge in [0.05, 0.1) is 12.7 Å². The van der Waals surface area contributed by atoms with Gasteiger partial charge in [-0.3, -0.25) is 10.0 Å². The molecule has 6 nitrogen and oxygen atoms in total. The number of carbonyl (C=O) groups excluding carboxylic acids is 1. The second kappa shape index (κ2) is 8.25. The highest BCUT2D eigenvalue weighted by Crippen LogP contribution is 2.20. The van der Waals surface area contributed by atoms with Gasteiger partial charge < -0.3 is 14.9 Å². The molecule has 0 aliphatic rings. The van der Waals surface area contributed by atoms with Gasteiger partial charge in [0, 0.05) is 6.08 Å². The Morgan fingerprint density at radius 2 is 2.05 bits per heavy atom. The largest absolute Gasteiger partial charge is 0.491 e. The van der Waals surface area contributed by atoms with E-state index in [0.717, 1.165) is 6.08 Å². The zero-order chi connectivity index (χ0) is 14.1. The van der Waals surface area contributed by atoms with Crippen LogP contribution >= 0.6 is 0 Å². The topological polar surface area (TPSA) is 99.0 Å². The molecule has 0 saturated carbocycles. The zero-order valence-corrected chi connectivity index (χ0v) is 10.3. The smallest absolute Gasteiger partial charge is 0.267 e. The van der Waals surface area contributed by atoms with Crippen LogP contribution in [0, 0.1) is 0 Å². The number of nitrogens with one attached hydrogen (secondary N) is 1. The predicted octanol–water partition coefficient (Wildman–Crippen LogP) is 0.543. The van der Waals surface area contributed by atoms with E-state index in [0.29, 0.717) is 11.3 Å². The molecular formula is C13H17NO5. The summed E-state index contributed by atoms with van der Waals surface area (Å²) in [6.07, 6.45) is 2.12. The number of benzene rings is 1. The van der Waals surface area contributed by atoms with E-state index in [4.69, 9.17) is 15.1 Å². The van der Waals surface area contributed by atoms with Gasteiger partial charge in [0.25, 0.3) is 5.91 Å². The van der Waals surface area contributed by atoms with E-state index in [-0.39, 0.29) is 19.6 Å². The molecular weight excluding hydrogens is 250 g/mol. The number of aliphatic hydroxyl groups excluding tert-OH is 2. The highest BCUT2D eigenvalue weighted by molar-refractivity contribution is 5.86. The SMILES string of the molecule is O=C(/C=C/C[C@@H](O)c1ccc(OCCO)cc1)NO. The summed E-state index contributed by atoms with van der Waals surface area (Å²) in [5.41, 5.74) is 2.15. The lowest BCUT2D eigenvalue weighted by atomic mass is 10.1. The minimum Gasteiger partial charge on any atom is -0.491 e. The van der Waals surface area contributed by atoms with Gasteiger partial charge in [-0.25, -0.2) is 5.48 Å². The molecule has 0 unspecified atom stereocenters. The van der Waals surface area contributed by atoms with Crippen LogP contribution in [0.4, 0.5) is 0 Å². The summed E-state index contributed by atoms with van der Waals surface area (Å²) < 4.78 is 5.19. The fourth-order valence-electron chi connectivity index (χ4n) is 1.43. The summed E-state index contributed by atoms with van der Waals surface area (Å²) in [6.45, 7) is 0.170. The van der Waals surface area contributed by atoms with Crippen molar-refractivity contribution in [3.05, 3.63) is 42.0 Å². The first-order valence-electron chi connectivity index (χ1n) is 5.79. The van der Waals surface area contributed by atoms with Gasteiger partial charge in [-0.1, -0.05) is 18.2 Å². The molecule has 0 bridgehead atoms. The fraction of sp³-hybridized carbons (Fsp3) is 0.308. The molecule has 0 spiro atoms. The molecule has 19 heavy (non-hydrogen) atoms. The van der Waals surface area contributed by atoms with Crippen LogP contribution < -0.4 is 10.2 Å². The van der Waals surface area contributed by atoms with E-state index in [1.165, 1.54) is 11.6 Å². The van der Waals surface area contributed by atoms with E-state index in [1.54, 1.807) is 24.3 Å². The summed E-state index contributed by atoms with van der Waals surface area (Å²) in [5.74, 6) is -0.0276. The Labute approximate surface area is 110 Å². The Morgan fingerprint density at radius 3 is 2.63 bits per heavy atom. The molecule has 0 fully saturated rings. The lowest BCUT2D eigenvalue weighted by Gasteiger charge is -2.10. The van der Waals surface area contributed by atoms with Crippen molar-refractivity contribution in [1.82, 2.24) is 5.48 Å². The van der Waals surface area contributed by atoms with Crippen LogP contribution in [0.5, 0.6) is 5.75 Å². The van der Waals surface area contributed by atoms with E-state index >= 15 is 0 Å². The maximum atomic E-state index is 10.7. The third-order valence-electron chi connectivity index (χ3n) is 2.36. The molecule has 1 aromatic carbocycles. The van der Waals surface area contributed by atoms with Gasteiger partial charge in [0.1, 0.15) is 12.4 Å². The van der Waals surface area contributed by atoms with Crippen molar-refractivity contribution >= 4 is 5.91 Å². The quantitative estimate of drug-likeness (QED) is 0.328. The van der Waals surface area contributed by atoms with E-state index in [9.17, 15) is 9.90 Å². The van der Waals surface area contributed by atoms with Crippen molar-refractivity contribution in [3.63, 3.8) is 0 Å². The standard InChI is InChI=1S/C13H17NO5/c15-8-9-19-11-6-4-10(5-7-11)12(16)2-1-3-13(17)14-18/h1,3-7,12,15-16,18H,2,8-9H2,(H,14,17)/b3-1+/t12-/m1/s1. The Morgan fingerprint density at radius 1 is 1.37 bits per heavy atom. The molecule has 104 valence electrons. The Balaban J connectivity index is 2.50. The second-order valence-electron chi connectivity index (χ2n) is 3.77. The van der Waals surface area contributed by atoms with Crippen LogP contribution in [0.3, 0.4) is 0 Å². The average molecular weight is 267 g/mol. The summed E-state index contributed by atoms with van der Waals surface area (Å²) in [4.78, 5) is 10.7. The first-order chi connectivity index (χ1) is 9.17. The summed E-state index contributed by atoms with van der Waals surface area (Å²) in [5, 5.41) is 26.7. The Hall–Kier alpha value is -1.89. The van der Waals surface area contributed by atoms with Crippen LogP contribution in [-0.4, -0.2) is 34.5 Å². The molecule has 0 heterocycles. The predicted molar refractivity (Wildman–Crippen MR) is 67.7 cm³/mol. The number of carbonyl (C=O) groups is 1. The molecule has 0 aromatic heterocycles. The van der Waals surface area contributed by atoms with Crippen molar-refractivity contribution in [1.29, 1.82) is 0 Å². The number of hydrogen-bond donors (Lipinski definition) is 4. The Kier molecular flexibility index (Phi) is 6.59. The van der Waals surface area contributed by atoms with Crippen LogP contribution in [0.15, 0.2) is 36.4 Å². The highest BCUT2D eigenvalue weighted by atomic mass is 16.5. The molecule has 0 aliphatic heterocycles. The zero-order valence-electron chi connectivity index (χ0n) is 10.3.